The monoisotopic (exact) mass is 236 g/mol. The summed E-state index contributed by atoms with van der Waals surface area (Å²) in [5.74, 6) is -5.31. The number of ether oxygens (including phenoxy) is 1. The summed E-state index contributed by atoms with van der Waals surface area (Å²) in [6, 6.07) is 0.610. The van der Waals surface area contributed by atoms with E-state index in [1.165, 1.54) is 0 Å². The van der Waals surface area contributed by atoms with Crippen LogP contribution in [-0.4, -0.2) is 12.6 Å². The third-order valence-electron chi connectivity index (χ3n) is 1.70. The van der Waals surface area contributed by atoms with Crippen molar-refractivity contribution < 1.29 is 22.7 Å². The number of esters is 1. The zero-order valence-corrected chi connectivity index (χ0v) is 8.97. The molecule has 0 amide bonds. The number of benzene rings is 1. The maximum atomic E-state index is 13.0. The number of halogens is 3. The summed E-state index contributed by atoms with van der Waals surface area (Å²) in [5, 5.41) is -0.340. The summed E-state index contributed by atoms with van der Waals surface area (Å²) in [6.45, 7) is 1.63. The van der Waals surface area contributed by atoms with Gasteiger partial charge in [-0.05, 0) is 13.0 Å². The van der Waals surface area contributed by atoms with Crippen LogP contribution in [0.3, 0.4) is 0 Å². The van der Waals surface area contributed by atoms with Gasteiger partial charge in [0.1, 0.15) is 0 Å². The van der Waals surface area contributed by atoms with E-state index in [-0.39, 0.29) is 17.5 Å². The van der Waals surface area contributed by atoms with Gasteiger partial charge in [0.05, 0.1) is 12.2 Å². The molecule has 1 aromatic carbocycles. The van der Waals surface area contributed by atoms with Crippen molar-refractivity contribution in [3.8, 4) is 0 Å². The molecule has 0 aromatic heterocycles. The van der Waals surface area contributed by atoms with Crippen LogP contribution in [0.25, 0.3) is 0 Å². The zero-order valence-electron chi connectivity index (χ0n) is 7.81. The first kappa shape index (κ1) is 12.0. The Bertz CT molecular complexity index is 407. The summed E-state index contributed by atoms with van der Waals surface area (Å²) < 4.78 is 43.1. The van der Waals surface area contributed by atoms with Crippen molar-refractivity contribution in [1.82, 2.24) is 0 Å². The summed E-state index contributed by atoms with van der Waals surface area (Å²) in [5.41, 5.74) is -0.335. The summed E-state index contributed by atoms with van der Waals surface area (Å²) in [7, 11) is 1.84. The highest BCUT2D eigenvalue weighted by Gasteiger charge is 2.20. The van der Waals surface area contributed by atoms with Crippen molar-refractivity contribution in [2.45, 2.75) is 6.92 Å². The first-order valence-corrected chi connectivity index (χ1v) is 4.66. The van der Waals surface area contributed by atoms with Crippen LogP contribution in [0, 0.1) is 17.5 Å². The zero-order chi connectivity index (χ0) is 11.6. The van der Waals surface area contributed by atoms with Crippen LogP contribution >= 0.6 is 9.24 Å². The Morgan fingerprint density at radius 2 is 2.00 bits per heavy atom. The fourth-order valence-electron chi connectivity index (χ4n) is 0.987. The van der Waals surface area contributed by atoms with Gasteiger partial charge in [0, 0.05) is 5.30 Å². The predicted octanol–water partition coefficient (Wildman–Crippen LogP) is 1.78. The van der Waals surface area contributed by atoms with Crippen molar-refractivity contribution in [3.63, 3.8) is 0 Å². The smallest absolute Gasteiger partial charge is 0.338 e. The summed E-state index contributed by atoms with van der Waals surface area (Å²) in [6.07, 6.45) is 0. The van der Waals surface area contributed by atoms with E-state index in [0.717, 1.165) is 0 Å². The molecule has 0 N–H and O–H groups in total. The van der Waals surface area contributed by atoms with Crippen molar-refractivity contribution >= 4 is 20.5 Å². The van der Waals surface area contributed by atoms with Gasteiger partial charge in [0.2, 0.25) is 0 Å². The molecule has 1 atom stereocenters. The largest absolute Gasteiger partial charge is 0.462 e. The number of carbonyl (C=O) groups is 1. The van der Waals surface area contributed by atoms with Crippen LogP contribution in [0.1, 0.15) is 17.3 Å². The molecule has 82 valence electrons. The van der Waals surface area contributed by atoms with Crippen molar-refractivity contribution in [1.29, 1.82) is 0 Å². The number of rotatable bonds is 2. The summed E-state index contributed by atoms with van der Waals surface area (Å²) >= 11 is 0. The lowest BCUT2D eigenvalue weighted by Gasteiger charge is -2.07. The predicted molar refractivity (Wildman–Crippen MR) is 51.6 cm³/mol. The molecule has 0 radical (unpaired) electrons. The Kier molecular flexibility index (Phi) is 3.69. The first-order valence-electron chi connectivity index (χ1n) is 4.09. The van der Waals surface area contributed by atoms with Crippen LogP contribution in [0.5, 0.6) is 0 Å². The van der Waals surface area contributed by atoms with Gasteiger partial charge in [-0.25, -0.2) is 18.0 Å². The topological polar surface area (TPSA) is 26.3 Å². The van der Waals surface area contributed by atoms with Crippen LogP contribution in [-0.2, 0) is 4.74 Å². The molecule has 0 bridgehead atoms. The van der Waals surface area contributed by atoms with E-state index in [4.69, 9.17) is 0 Å². The maximum absolute atomic E-state index is 13.0. The minimum Gasteiger partial charge on any atom is -0.462 e. The van der Waals surface area contributed by atoms with E-state index < -0.39 is 23.4 Å². The molecule has 1 rings (SSSR count). The Labute approximate surface area is 86.6 Å². The molecular weight excluding hydrogens is 228 g/mol. The number of carbonyl (C=O) groups excluding carboxylic acids is 1. The average molecular weight is 236 g/mol. The second-order valence-electron chi connectivity index (χ2n) is 2.67. The molecule has 0 aliphatic heterocycles. The molecule has 0 aliphatic rings. The highest BCUT2D eigenvalue weighted by molar-refractivity contribution is 7.27. The maximum Gasteiger partial charge on any atom is 0.338 e. The average Bonchev–Trinajstić information content (AvgIpc) is 2.20. The minimum atomic E-state index is -1.60. The molecule has 6 heteroatoms. The summed E-state index contributed by atoms with van der Waals surface area (Å²) in [4.78, 5) is 11.2. The lowest BCUT2D eigenvalue weighted by molar-refractivity contribution is 0.0527. The van der Waals surface area contributed by atoms with Gasteiger partial charge >= 0.3 is 5.97 Å². The van der Waals surface area contributed by atoms with Crippen molar-refractivity contribution in [2.24, 2.45) is 0 Å². The lowest BCUT2D eigenvalue weighted by atomic mass is 10.2. The van der Waals surface area contributed by atoms with E-state index in [9.17, 15) is 18.0 Å². The quantitative estimate of drug-likeness (QED) is 0.444. The van der Waals surface area contributed by atoms with Gasteiger partial charge in [0.25, 0.3) is 0 Å². The van der Waals surface area contributed by atoms with Crippen LogP contribution < -0.4 is 5.30 Å². The molecule has 15 heavy (non-hydrogen) atoms. The minimum absolute atomic E-state index is 0.0730. The van der Waals surface area contributed by atoms with Gasteiger partial charge in [-0.3, -0.25) is 0 Å². The van der Waals surface area contributed by atoms with E-state index in [2.05, 4.69) is 4.74 Å². The lowest BCUT2D eigenvalue weighted by Crippen LogP contribution is -2.18. The molecular formula is C9H8F3O2P. The SMILES string of the molecule is CCOC(=O)c1cc(F)c(F)c(F)c1P. The molecule has 0 spiro atoms. The molecule has 1 aromatic rings. The molecule has 1 unspecified atom stereocenters. The molecule has 0 fully saturated rings. The van der Waals surface area contributed by atoms with E-state index in [1.54, 1.807) is 6.92 Å². The normalized spacial score (nSPS) is 10.2. The Morgan fingerprint density at radius 1 is 1.40 bits per heavy atom. The van der Waals surface area contributed by atoms with E-state index in [1.807, 2.05) is 9.24 Å². The van der Waals surface area contributed by atoms with Crippen LogP contribution in [0.2, 0.25) is 0 Å². The first-order chi connectivity index (χ1) is 6.99. The molecule has 0 saturated carbocycles. The Morgan fingerprint density at radius 3 is 2.53 bits per heavy atom. The highest BCUT2D eigenvalue weighted by Crippen LogP contribution is 2.15. The van der Waals surface area contributed by atoms with Gasteiger partial charge in [-0.2, -0.15) is 0 Å². The van der Waals surface area contributed by atoms with Crippen molar-refractivity contribution in [2.75, 3.05) is 6.61 Å². The molecule has 0 saturated heterocycles. The Balaban J connectivity index is 3.26. The second-order valence-corrected chi connectivity index (χ2v) is 3.25. The van der Waals surface area contributed by atoms with Gasteiger partial charge in [0.15, 0.2) is 17.5 Å². The Hall–Kier alpha value is -1.09. The molecule has 2 nitrogen and oxygen atoms in total. The van der Waals surface area contributed by atoms with Gasteiger partial charge in [-0.1, -0.05) is 0 Å². The second kappa shape index (κ2) is 4.62. The van der Waals surface area contributed by atoms with Crippen molar-refractivity contribution in [3.05, 3.63) is 29.1 Å². The van der Waals surface area contributed by atoms with Gasteiger partial charge < -0.3 is 4.74 Å². The standard InChI is InChI=1S/C9H8F3O2P/c1-2-14-9(13)4-3-5(10)6(11)7(12)8(4)15/h3H,2,15H2,1H3. The number of hydrogen-bond acceptors (Lipinski definition) is 2. The highest BCUT2D eigenvalue weighted by atomic mass is 31.0. The van der Waals surface area contributed by atoms with Crippen LogP contribution in [0.4, 0.5) is 13.2 Å². The van der Waals surface area contributed by atoms with Gasteiger partial charge in [-0.15, -0.1) is 9.24 Å². The fourth-order valence-corrected chi connectivity index (χ4v) is 1.31. The number of hydrogen-bond donors (Lipinski definition) is 0. The third kappa shape index (κ3) is 2.29. The van der Waals surface area contributed by atoms with E-state index >= 15 is 0 Å². The molecule has 0 aliphatic carbocycles. The molecule has 0 heterocycles. The van der Waals surface area contributed by atoms with E-state index in [0.29, 0.717) is 6.07 Å². The fraction of sp³-hybridized carbons (Fsp3) is 0.222. The third-order valence-corrected chi connectivity index (χ3v) is 2.26. The van der Waals surface area contributed by atoms with Crippen LogP contribution in [0.15, 0.2) is 6.07 Å².